The van der Waals surface area contributed by atoms with Crippen LogP contribution in [0.4, 0.5) is 0 Å². The van der Waals surface area contributed by atoms with Crippen LogP contribution in [0.2, 0.25) is 0 Å². The summed E-state index contributed by atoms with van der Waals surface area (Å²) in [5.74, 6) is 1.20. The number of carboxylic acid groups (broad SMARTS) is 1. The smallest absolute Gasteiger partial charge is 0.341 e. The first kappa shape index (κ1) is 24.2. The molecule has 35 heavy (non-hydrogen) atoms. The van der Waals surface area contributed by atoms with Crippen LogP contribution in [0.15, 0.2) is 79.0 Å². The number of aryl methyl sites for hydroxylation is 1. The molecule has 182 valence electrons. The fraction of sp³-hybridized carbons (Fsp3) is 0.276. The van der Waals surface area contributed by atoms with Gasteiger partial charge < -0.3 is 23.9 Å². The number of aliphatic carboxylic acids is 1. The van der Waals surface area contributed by atoms with Crippen molar-refractivity contribution in [1.82, 2.24) is 4.57 Å². The van der Waals surface area contributed by atoms with Crippen molar-refractivity contribution in [2.75, 3.05) is 19.8 Å². The zero-order valence-corrected chi connectivity index (χ0v) is 20.0. The highest BCUT2D eigenvalue weighted by Gasteiger charge is 2.12. The van der Waals surface area contributed by atoms with Gasteiger partial charge in [-0.25, -0.2) is 4.79 Å². The Kier molecular flexibility index (Phi) is 8.28. The maximum atomic E-state index is 10.6. The van der Waals surface area contributed by atoms with Gasteiger partial charge in [-0.2, -0.15) is 0 Å². The minimum absolute atomic E-state index is 0.355. The molecule has 6 heteroatoms. The first-order chi connectivity index (χ1) is 17.2. The van der Waals surface area contributed by atoms with Gasteiger partial charge >= 0.3 is 5.97 Å². The average molecular weight is 474 g/mol. The lowest BCUT2D eigenvalue weighted by Crippen LogP contribution is -2.09. The maximum Gasteiger partial charge on any atom is 0.341 e. The highest BCUT2D eigenvalue weighted by molar-refractivity contribution is 5.87. The van der Waals surface area contributed by atoms with Crippen LogP contribution >= 0.6 is 0 Å². The van der Waals surface area contributed by atoms with E-state index in [4.69, 9.17) is 19.3 Å². The number of ether oxygens (including phenoxy) is 3. The van der Waals surface area contributed by atoms with Gasteiger partial charge in [-0.3, -0.25) is 0 Å². The van der Waals surface area contributed by atoms with E-state index in [9.17, 15) is 4.79 Å². The first-order valence-electron chi connectivity index (χ1n) is 12.0. The number of benzene rings is 3. The van der Waals surface area contributed by atoms with Crippen LogP contribution in [-0.2, 0) is 11.2 Å². The van der Waals surface area contributed by atoms with Crippen molar-refractivity contribution in [3.63, 3.8) is 0 Å². The molecule has 1 N–H and O–H groups in total. The summed E-state index contributed by atoms with van der Waals surface area (Å²) < 4.78 is 19.3. The van der Waals surface area contributed by atoms with Crippen molar-refractivity contribution in [3.8, 4) is 22.9 Å². The summed E-state index contributed by atoms with van der Waals surface area (Å²) >= 11 is 0. The lowest BCUT2D eigenvalue weighted by molar-refractivity contribution is -0.139. The summed E-state index contributed by atoms with van der Waals surface area (Å²) in [7, 11) is 0. The molecule has 3 aromatic carbocycles. The molecule has 0 atom stereocenters. The molecule has 4 rings (SSSR count). The maximum absolute atomic E-state index is 10.6. The Balaban J connectivity index is 1.29. The van der Waals surface area contributed by atoms with Gasteiger partial charge in [-0.05, 0) is 73.9 Å². The van der Waals surface area contributed by atoms with E-state index in [2.05, 4.69) is 60.2 Å². The monoisotopic (exact) mass is 473 g/mol. The van der Waals surface area contributed by atoms with Crippen LogP contribution in [0.5, 0.6) is 17.2 Å². The van der Waals surface area contributed by atoms with Crippen LogP contribution in [-0.4, -0.2) is 35.5 Å². The molecule has 1 aromatic heterocycles. The molecule has 1 heterocycles. The van der Waals surface area contributed by atoms with E-state index in [1.54, 1.807) is 24.3 Å². The van der Waals surface area contributed by atoms with Gasteiger partial charge in [-0.15, -0.1) is 0 Å². The number of nitrogens with zero attached hydrogens (tertiary/aromatic N) is 1. The Bertz CT molecular complexity index is 1230. The van der Waals surface area contributed by atoms with Gasteiger partial charge in [0.2, 0.25) is 0 Å². The molecule has 0 saturated carbocycles. The average Bonchev–Trinajstić information content (AvgIpc) is 3.31. The Morgan fingerprint density at radius 3 is 2.20 bits per heavy atom. The summed E-state index contributed by atoms with van der Waals surface area (Å²) in [5.41, 5.74) is 3.61. The Labute approximate surface area is 205 Å². The summed E-state index contributed by atoms with van der Waals surface area (Å²) in [4.78, 5) is 10.6. The van der Waals surface area contributed by atoms with Gasteiger partial charge in [0, 0.05) is 22.8 Å². The van der Waals surface area contributed by atoms with Crippen LogP contribution < -0.4 is 14.2 Å². The van der Waals surface area contributed by atoms with Gasteiger partial charge in [0.1, 0.15) is 17.2 Å². The van der Waals surface area contributed by atoms with Gasteiger partial charge in [0.05, 0.1) is 18.7 Å². The van der Waals surface area contributed by atoms with E-state index in [1.165, 1.54) is 16.5 Å². The fourth-order valence-electron chi connectivity index (χ4n) is 4.07. The number of carboxylic acids is 1. The minimum atomic E-state index is -1.00. The van der Waals surface area contributed by atoms with Crippen molar-refractivity contribution in [1.29, 1.82) is 0 Å². The standard InChI is InChI=1S/C29H31NO5/c1-2-8-26-25-17-18-30(22-9-4-3-5-10-22)27(25)15-16-28(26)34-20-7-6-19-33-23-11-13-24(14-12-23)35-21-29(31)32/h3-5,9-18H,2,6-8,19-21H2,1H3,(H,31,32). The van der Waals surface area contributed by atoms with Crippen molar-refractivity contribution in [2.24, 2.45) is 0 Å². The molecule has 0 fully saturated rings. The third-order valence-electron chi connectivity index (χ3n) is 5.73. The summed E-state index contributed by atoms with van der Waals surface area (Å²) in [6, 6.07) is 23.8. The number of hydrogen-bond acceptors (Lipinski definition) is 4. The molecule has 0 unspecified atom stereocenters. The zero-order chi connectivity index (χ0) is 24.5. The minimum Gasteiger partial charge on any atom is -0.494 e. The number of carbonyl (C=O) groups is 1. The van der Waals surface area contributed by atoms with E-state index in [1.807, 2.05) is 6.07 Å². The van der Waals surface area contributed by atoms with E-state index in [0.717, 1.165) is 42.9 Å². The molecule has 6 nitrogen and oxygen atoms in total. The lowest BCUT2D eigenvalue weighted by atomic mass is 10.0. The Hall–Kier alpha value is -3.93. The van der Waals surface area contributed by atoms with Crippen LogP contribution in [0, 0.1) is 0 Å². The highest BCUT2D eigenvalue weighted by Crippen LogP contribution is 2.32. The zero-order valence-electron chi connectivity index (χ0n) is 20.0. The predicted octanol–water partition coefficient (Wildman–Crippen LogP) is 6.28. The van der Waals surface area contributed by atoms with Gasteiger partial charge in [0.15, 0.2) is 6.61 Å². The van der Waals surface area contributed by atoms with Crippen LogP contribution in [0.25, 0.3) is 16.6 Å². The summed E-state index contributed by atoms with van der Waals surface area (Å²) in [6.07, 6.45) is 5.91. The molecule has 0 bridgehead atoms. The highest BCUT2D eigenvalue weighted by atomic mass is 16.5. The third-order valence-corrected chi connectivity index (χ3v) is 5.73. The number of rotatable bonds is 13. The van der Waals surface area contributed by atoms with Gasteiger partial charge in [-0.1, -0.05) is 31.5 Å². The van der Waals surface area contributed by atoms with Gasteiger partial charge in [0.25, 0.3) is 0 Å². The quantitative estimate of drug-likeness (QED) is 0.231. The van der Waals surface area contributed by atoms with E-state index in [0.29, 0.717) is 19.0 Å². The molecule has 0 radical (unpaired) electrons. The fourth-order valence-corrected chi connectivity index (χ4v) is 4.07. The molecule has 0 saturated heterocycles. The van der Waals surface area contributed by atoms with Crippen molar-refractivity contribution >= 4 is 16.9 Å². The number of fused-ring (bicyclic) bond motifs is 1. The predicted molar refractivity (Wildman–Crippen MR) is 137 cm³/mol. The molecule has 0 spiro atoms. The van der Waals surface area contributed by atoms with Crippen LogP contribution in [0.3, 0.4) is 0 Å². The molecule has 0 aliphatic rings. The molecule has 0 aliphatic carbocycles. The molecule has 4 aromatic rings. The van der Waals surface area contributed by atoms with E-state index in [-0.39, 0.29) is 6.61 Å². The molecule has 0 aliphatic heterocycles. The van der Waals surface area contributed by atoms with E-state index < -0.39 is 5.97 Å². The first-order valence-corrected chi connectivity index (χ1v) is 12.0. The van der Waals surface area contributed by atoms with Crippen LogP contribution in [0.1, 0.15) is 31.7 Å². The van der Waals surface area contributed by atoms with Crippen molar-refractivity contribution in [2.45, 2.75) is 32.6 Å². The molecular weight excluding hydrogens is 442 g/mol. The number of hydrogen-bond donors (Lipinski definition) is 1. The topological polar surface area (TPSA) is 69.9 Å². The lowest BCUT2D eigenvalue weighted by Gasteiger charge is -2.14. The van der Waals surface area contributed by atoms with E-state index >= 15 is 0 Å². The Morgan fingerprint density at radius 1 is 0.829 bits per heavy atom. The second-order valence-corrected chi connectivity index (χ2v) is 8.30. The number of unbranched alkanes of at least 4 members (excludes halogenated alkanes) is 1. The normalized spacial score (nSPS) is 10.9. The second kappa shape index (κ2) is 12.0. The summed E-state index contributed by atoms with van der Waals surface area (Å²) in [5, 5.41) is 9.90. The molecule has 0 amide bonds. The second-order valence-electron chi connectivity index (χ2n) is 8.30. The van der Waals surface area contributed by atoms with Crippen molar-refractivity contribution in [3.05, 3.63) is 84.6 Å². The summed E-state index contributed by atoms with van der Waals surface area (Å²) in [6.45, 7) is 3.05. The SMILES string of the molecule is CCCc1c(OCCCCOc2ccc(OCC(=O)O)cc2)ccc2c1ccn2-c1ccccc1. The molecular formula is C29H31NO5. The third kappa shape index (κ3) is 6.35. The van der Waals surface area contributed by atoms with Crippen molar-refractivity contribution < 1.29 is 24.1 Å². The number of aromatic nitrogens is 1. The number of para-hydroxylation sites is 1. The largest absolute Gasteiger partial charge is 0.494 e. The Morgan fingerprint density at radius 2 is 1.51 bits per heavy atom.